The van der Waals surface area contributed by atoms with Crippen LogP contribution in [0.1, 0.15) is 35.3 Å². The topological polar surface area (TPSA) is 72.1 Å². The molecule has 0 unspecified atom stereocenters. The fourth-order valence-corrected chi connectivity index (χ4v) is 2.77. The number of carbonyl (C=O) groups excluding carboxylic acids is 1. The van der Waals surface area contributed by atoms with Gasteiger partial charge in [-0.25, -0.2) is 9.97 Å². The molecule has 132 valence electrons. The largest absolute Gasteiger partial charge is 0.416 e. The second kappa shape index (κ2) is 6.70. The Hall–Kier alpha value is -2.64. The van der Waals surface area contributed by atoms with Crippen LogP contribution in [0.2, 0.25) is 0 Å². The molecule has 1 fully saturated rings. The molecule has 1 aliphatic heterocycles. The number of rotatable bonds is 3. The quantitative estimate of drug-likeness (QED) is 0.922. The van der Waals surface area contributed by atoms with Crippen molar-refractivity contribution in [2.45, 2.75) is 25.4 Å². The van der Waals surface area contributed by atoms with Crippen LogP contribution in [0, 0.1) is 0 Å². The summed E-state index contributed by atoms with van der Waals surface area (Å²) in [6.45, 7) is 1.54. The van der Waals surface area contributed by atoms with E-state index >= 15 is 0 Å². The standard InChI is InChI=1S/C17H17F3N4O/c18-17(19,20)12-6-4-11(5-7-12)13-10-14(15(21)25)23-16(22-13)24-8-2-1-3-9-24/h4-7,10H,1-3,8-9H2,(H2,21,25). The van der Waals surface area contributed by atoms with Gasteiger partial charge in [-0.2, -0.15) is 13.2 Å². The van der Waals surface area contributed by atoms with E-state index < -0.39 is 17.6 Å². The molecule has 0 aliphatic carbocycles. The number of benzene rings is 1. The average molecular weight is 350 g/mol. The lowest BCUT2D eigenvalue weighted by Gasteiger charge is -2.27. The SMILES string of the molecule is NC(=O)c1cc(-c2ccc(C(F)(F)F)cc2)nc(N2CCCCC2)n1. The lowest BCUT2D eigenvalue weighted by molar-refractivity contribution is -0.137. The monoisotopic (exact) mass is 350 g/mol. The zero-order valence-corrected chi connectivity index (χ0v) is 13.4. The Morgan fingerprint density at radius 3 is 2.24 bits per heavy atom. The predicted octanol–water partition coefficient (Wildman–Crippen LogP) is 3.25. The Kier molecular flexibility index (Phi) is 4.61. The van der Waals surface area contributed by atoms with E-state index in [1.807, 2.05) is 4.90 Å². The fourth-order valence-electron chi connectivity index (χ4n) is 2.77. The van der Waals surface area contributed by atoms with Crippen LogP contribution in [0.25, 0.3) is 11.3 Å². The van der Waals surface area contributed by atoms with E-state index in [1.165, 1.54) is 18.2 Å². The van der Waals surface area contributed by atoms with Crippen molar-refractivity contribution in [2.24, 2.45) is 5.73 Å². The number of nitrogens with two attached hydrogens (primary N) is 1. The summed E-state index contributed by atoms with van der Waals surface area (Å²) in [4.78, 5) is 22.2. The van der Waals surface area contributed by atoms with Crippen LogP contribution in [0.15, 0.2) is 30.3 Å². The van der Waals surface area contributed by atoms with Gasteiger partial charge in [-0.05, 0) is 37.5 Å². The number of anilines is 1. The first kappa shape index (κ1) is 17.2. The van der Waals surface area contributed by atoms with Crippen LogP contribution in [0.5, 0.6) is 0 Å². The average Bonchev–Trinajstić information content (AvgIpc) is 2.61. The van der Waals surface area contributed by atoms with Gasteiger partial charge in [0.25, 0.3) is 5.91 Å². The number of nitrogens with zero attached hydrogens (tertiary/aromatic N) is 3. The second-order valence-electron chi connectivity index (χ2n) is 5.93. The highest BCUT2D eigenvalue weighted by Crippen LogP contribution is 2.31. The molecule has 1 aromatic heterocycles. The maximum absolute atomic E-state index is 12.7. The highest BCUT2D eigenvalue weighted by atomic mass is 19.4. The van der Waals surface area contributed by atoms with Crippen molar-refractivity contribution in [1.82, 2.24) is 9.97 Å². The minimum atomic E-state index is -4.40. The summed E-state index contributed by atoms with van der Waals surface area (Å²) in [7, 11) is 0. The van der Waals surface area contributed by atoms with E-state index in [0.717, 1.165) is 44.5 Å². The summed E-state index contributed by atoms with van der Waals surface area (Å²) in [5, 5.41) is 0. The first-order chi connectivity index (χ1) is 11.8. The molecule has 1 saturated heterocycles. The smallest absolute Gasteiger partial charge is 0.364 e. The van der Waals surface area contributed by atoms with Gasteiger partial charge in [-0.3, -0.25) is 4.79 Å². The van der Waals surface area contributed by atoms with Gasteiger partial charge in [0.05, 0.1) is 11.3 Å². The Bertz CT molecular complexity index is 768. The van der Waals surface area contributed by atoms with Gasteiger partial charge in [0, 0.05) is 18.7 Å². The summed E-state index contributed by atoms with van der Waals surface area (Å²) in [5.74, 6) is -0.320. The lowest BCUT2D eigenvalue weighted by atomic mass is 10.1. The van der Waals surface area contributed by atoms with E-state index in [0.29, 0.717) is 17.2 Å². The number of carbonyl (C=O) groups is 1. The third kappa shape index (κ3) is 3.89. The summed E-state index contributed by atoms with van der Waals surface area (Å²) < 4.78 is 38.1. The maximum atomic E-state index is 12.7. The van der Waals surface area contributed by atoms with Crippen molar-refractivity contribution >= 4 is 11.9 Å². The van der Waals surface area contributed by atoms with E-state index in [9.17, 15) is 18.0 Å². The normalized spacial score (nSPS) is 15.2. The van der Waals surface area contributed by atoms with Crippen LogP contribution in [0.4, 0.5) is 19.1 Å². The number of hydrogen-bond acceptors (Lipinski definition) is 4. The Balaban J connectivity index is 1.99. The second-order valence-corrected chi connectivity index (χ2v) is 5.93. The molecule has 1 amide bonds. The van der Waals surface area contributed by atoms with Gasteiger partial charge in [-0.1, -0.05) is 12.1 Å². The Morgan fingerprint density at radius 2 is 1.68 bits per heavy atom. The van der Waals surface area contributed by atoms with Crippen LogP contribution < -0.4 is 10.6 Å². The number of aromatic nitrogens is 2. The number of piperidine rings is 1. The van der Waals surface area contributed by atoms with Gasteiger partial charge in [0.15, 0.2) is 0 Å². The third-order valence-electron chi connectivity index (χ3n) is 4.11. The van der Waals surface area contributed by atoms with Crippen LogP contribution >= 0.6 is 0 Å². The summed E-state index contributed by atoms with van der Waals surface area (Å²) in [5.41, 5.74) is 5.49. The van der Waals surface area contributed by atoms with Crippen molar-refractivity contribution in [3.05, 3.63) is 41.6 Å². The molecule has 0 spiro atoms. The molecule has 3 rings (SSSR count). The summed E-state index contributed by atoms with van der Waals surface area (Å²) in [6.07, 6.45) is -1.28. The number of hydrogen-bond donors (Lipinski definition) is 1. The highest BCUT2D eigenvalue weighted by Gasteiger charge is 2.30. The molecule has 1 aliphatic rings. The summed E-state index contributed by atoms with van der Waals surface area (Å²) >= 11 is 0. The Morgan fingerprint density at radius 1 is 1.04 bits per heavy atom. The Labute approximate surface area is 142 Å². The van der Waals surface area contributed by atoms with Crippen molar-refractivity contribution in [1.29, 1.82) is 0 Å². The maximum Gasteiger partial charge on any atom is 0.416 e. The molecule has 2 N–H and O–H groups in total. The number of primary amides is 1. The molecule has 1 aromatic carbocycles. The van der Waals surface area contributed by atoms with Crippen LogP contribution in [0.3, 0.4) is 0 Å². The molecular formula is C17H17F3N4O. The van der Waals surface area contributed by atoms with Crippen molar-refractivity contribution in [3.63, 3.8) is 0 Å². The van der Waals surface area contributed by atoms with Gasteiger partial charge < -0.3 is 10.6 Å². The lowest BCUT2D eigenvalue weighted by Crippen LogP contribution is -2.31. The number of alkyl halides is 3. The number of amides is 1. The van der Waals surface area contributed by atoms with Gasteiger partial charge >= 0.3 is 6.18 Å². The molecule has 8 heteroatoms. The molecule has 0 radical (unpaired) electrons. The van der Waals surface area contributed by atoms with E-state index in [2.05, 4.69) is 9.97 Å². The van der Waals surface area contributed by atoms with Gasteiger partial charge in [0.1, 0.15) is 5.69 Å². The van der Waals surface area contributed by atoms with Gasteiger partial charge in [-0.15, -0.1) is 0 Å². The molecule has 0 atom stereocenters. The van der Waals surface area contributed by atoms with Gasteiger partial charge in [0.2, 0.25) is 5.95 Å². The van der Waals surface area contributed by atoms with Crippen molar-refractivity contribution in [2.75, 3.05) is 18.0 Å². The predicted molar refractivity (Wildman–Crippen MR) is 87.1 cm³/mol. The molecule has 2 aromatic rings. The van der Waals surface area contributed by atoms with Crippen molar-refractivity contribution < 1.29 is 18.0 Å². The fraction of sp³-hybridized carbons (Fsp3) is 0.353. The summed E-state index contributed by atoms with van der Waals surface area (Å²) in [6, 6.07) is 6.04. The highest BCUT2D eigenvalue weighted by molar-refractivity contribution is 5.92. The first-order valence-electron chi connectivity index (χ1n) is 7.96. The molecule has 0 saturated carbocycles. The van der Waals surface area contributed by atoms with Crippen LogP contribution in [-0.4, -0.2) is 29.0 Å². The molecule has 25 heavy (non-hydrogen) atoms. The molecule has 2 heterocycles. The zero-order valence-electron chi connectivity index (χ0n) is 13.4. The van der Waals surface area contributed by atoms with E-state index in [-0.39, 0.29) is 5.69 Å². The number of halogens is 3. The molecule has 5 nitrogen and oxygen atoms in total. The minimum absolute atomic E-state index is 0.0467. The van der Waals surface area contributed by atoms with Crippen LogP contribution in [-0.2, 0) is 6.18 Å². The van der Waals surface area contributed by atoms with E-state index in [1.54, 1.807) is 0 Å². The zero-order chi connectivity index (χ0) is 18.0. The molecular weight excluding hydrogens is 333 g/mol. The van der Waals surface area contributed by atoms with E-state index in [4.69, 9.17) is 5.73 Å². The third-order valence-corrected chi connectivity index (χ3v) is 4.11. The minimum Gasteiger partial charge on any atom is -0.364 e. The first-order valence-corrected chi connectivity index (χ1v) is 7.96. The molecule has 0 bridgehead atoms. The van der Waals surface area contributed by atoms with Crippen molar-refractivity contribution in [3.8, 4) is 11.3 Å².